The van der Waals surface area contributed by atoms with Crippen LogP contribution in [-0.2, 0) is 28.8 Å². The molecule has 0 radical (unpaired) electrons. The zero-order valence-electron chi connectivity index (χ0n) is 15.4. The van der Waals surface area contributed by atoms with Gasteiger partial charge in [-0.2, -0.15) is 0 Å². The van der Waals surface area contributed by atoms with E-state index in [1.165, 1.54) is 7.11 Å². The predicted octanol–water partition coefficient (Wildman–Crippen LogP) is 1.64. The topological polar surface area (TPSA) is 97.1 Å². The molecule has 28 heavy (non-hydrogen) atoms. The molecule has 2 saturated heterocycles. The number of benzene rings is 2. The van der Waals surface area contributed by atoms with Gasteiger partial charge in [-0.15, -0.1) is 0 Å². The van der Waals surface area contributed by atoms with Gasteiger partial charge in [0.15, 0.2) is 22.4 Å². The second-order valence-corrected chi connectivity index (χ2v) is 8.96. The van der Waals surface area contributed by atoms with Crippen LogP contribution in [0.25, 0.3) is 0 Å². The van der Waals surface area contributed by atoms with E-state index in [1.54, 1.807) is 30.3 Å². The molecule has 4 rings (SSSR count). The Morgan fingerprint density at radius 2 is 1.64 bits per heavy atom. The Kier molecular flexibility index (Phi) is 5.50. The van der Waals surface area contributed by atoms with Crippen LogP contribution in [0.3, 0.4) is 0 Å². The number of ether oxygens (including phenoxy) is 4. The van der Waals surface area contributed by atoms with E-state index in [1.807, 2.05) is 30.3 Å². The summed E-state index contributed by atoms with van der Waals surface area (Å²) < 4.78 is 49.9. The molecule has 0 spiro atoms. The highest BCUT2D eigenvalue weighted by Gasteiger charge is 2.54. The molecule has 2 aliphatic rings. The lowest BCUT2D eigenvalue weighted by Gasteiger charge is -2.47. The summed E-state index contributed by atoms with van der Waals surface area (Å²) in [6.45, 7) is 0.178. The quantitative estimate of drug-likeness (QED) is 0.826. The van der Waals surface area contributed by atoms with Crippen molar-refractivity contribution in [3.8, 4) is 0 Å². The van der Waals surface area contributed by atoms with Crippen LogP contribution < -0.4 is 5.73 Å². The lowest BCUT2D eigenvalue weighted by Crippen LogP contribution is -2.66. The van der Waals surface area contributed by atoms with E-state index in [0.717, 1.165) is 5.56 Å². The molecule has 0 aliphatic carbocycles. The summed E-state index contributed by atoms with van der Waals surface area (Å²) in [4.78, 5) is 0.192. The summed E-state index contributed by atoms with van der Waals surface area (Å²) in [5.41, 5.74) is 7.10. The maximum absolute atomic E-state index is 13.4. The third kappa shape index (κ3) is 3.47. The maximum Gasteiger partial charge on any atom is 0.185 e. The smallest absolute Gasteiger partial charge is 0.185 e. The summed E-state index contributed by atoms with van der Waals surface area (Å²) >= 11 is 0. The molecule has 2 aromatic rings. The van der Waals surface area contributed by atoms with Crippen molar-refractivity contribution in [2.75, 3.05) is 13.7 Å². The first kappa shape index (κ1) is 19.5. The molecular formula is C20H23NO6S. The molecule has 2 aromatic carbocycles. The van der Waals surface area contributed by atoms with Gasteiger partial charge < -0.3 is 24.7 Å². The molecule has 7 nitrogen and oxygen atoms in total. The molecule has 0 unspecified atom stereocenters. The summed E-state index contributed by atoms with van der Waals surface area (Å²) in [6, 6.07) is 16.7. The van der Waals surface area contributed by atoms with Gasteiger partial charge >= 0.3 is 0 Å². The van der Waals surface area contributed by atoms with Gasteiger partial charge in [-0.1, -0.05) is 48.5 Å². The lowest BCUT2D eigenvalue weighted by atomic mass is 9.99. The predicted molar refractivity (Wildman–Crippen MR) is 101 cm³/mol. The largest absolute Gasteiger partial charge is 0.354 e. The number of fused-ring (bicyclic) bond motifs is 1. The Bertz CT molecular complexity index is 891. The Morgan fingerprint density at radius 1 is 1.00 bits per heavy atom. The molecule has 8 heteroatoms. The van der Waals surface area contributed by atoms with Crippen molar-refractivity contribution in [3.63, 3.8) is 0 Å². The molecule has 0 aromatic heterocycles. The summed E-state index contributed by atoms with van der Waals surface area (Å²) in [5.74, 6) is 0. The first-order chi connectivity index (χ1) is 13.5. The van der Waals surface area contributed by atoms with Crippen LogP contribution in [0.4, 0.5) is 0 Å². The van der Waals surface area contributed by atoms with Crippen molar-refractivity contribution in [1.29, 1.82) is 0 Å². The normalized spacial score (nSPS) is 33.2. The van der Waals surface area contributed by atoms with Crippen LogP contribution in [-0.4, -0.2) is 51.9 Å². The van der Waals surface area contributed by atoms with Crippen LogP contribution in [0, 0.1) is 0 Å². The Hall–Kier alpha value is -1.81. The van der Waals surface area contributed by atoms with Gasteiger partial charge in [-0.05, 0) is 12.1 Å². The minimum atomic E-state index is -3.80. The fraction of sp³-hybridized carbons (Fsp3) is 0.400. The highest BCUT2D eigenvalue weighted by Crippen LogP contribution is 2.37. The SMILES string of the molecule is CO[C@H]1O[C@@H]2CO[C@@H](c3ccccc3)O[C@H]2[C@H](S(=O)(=O)c2ccccc2)[C@H]1N. The molecule has 2 aliphatic heterocycles. The van der Waals surface area contributed by atoms with Crippen LogP contribution in [0.15, 0.2) is 65.6 Å². The van der Waals surface area contributed by atoms with E-state index in [2.05, 4.69) is 0 Å². The minimum absolute atomic E-state index is 0.178. The van der Waals surface area contributed by atoms with Crippen molar-refractivity contribution < 1.29 is 27.4 Å². The van der Waals surface area contributed by atoms with Crippen LogP contribution in [0.5, 0.6) is 0 Å². The van der Waals surface area contributed by atoms with Crippen LogP contribution in [0.1, 0.15) is 11.9 Å². The monoisotopic (exact) mass is 405 g/mol. The summed E-state index contributed by atoms with van der Waals surface area (Å²) in [6.07, 6.45) is -2.95. The standard InChI is InChI=1S/C20H23NO6S/c1-24-20-16(21)18(28(22,23)14-10-6-3-7-11-14)17-15(26-20)12-25-19(27-17)13-8-4-2-5-9-13/h2-11,15-20H,12,21H2,1H3/t15-,16-,17-,18-,19-,20+/m1/s1. The second kappa shape index (κ2) is 7.90. The molecule has 2 N–H and O–H groups in total. The minimum Gasteiger partial charge on any atom is -0.354 e. The van der Waals surface area contributed by atoms with Gasteiger partial charge in [-0.3, -0.25) is 0 Å². The molecule has 2 heterocycles. The van der Waals surface area contributed by atoms with E-state index < -0.39 is 45.9 Å². The number of sulfone groups is 1. The highest BCUT2D eigenvalue weighted by atomic mass is 32.2. The van der Waals surface area contributed by atoms with Crippen molar-refractivity contribution in [3.05, 3.63) is 66.2 Å². The van der Waals surface area contributed by atoms with E-state index in [-0.39, 0.29) is 11.5 Å². The Labute approximate surface area is 164 Å². The first-order valence-corrected chi connectivity index (χ1v) is 10.6. The molecular weight excluding hydrogens is 382 g/mol. The molecule has 2 fully saturated rings. The van der Waals surface area contributed by atoms with E-state index in [9.17, 15) is 8.42 Å². The fourth-order valence-corrected chi connectivity index (χ4v) is 5.72. The van der Waals surface area contributed by atoms with Gasteiger partial charge in [0.1, 0.15) is 17.5 Å². The molecule has 6 atom stereocenters. The zero-order chi connectivity index (χ0) is 19.7. The lowest BCUT2D eigenvalue weighted by molar-refractivity contribution is -0.315. The van der Waals surface area contributed by atoms with Gasteiger partial charge in [0.25, 0.3) is 0 Å². The van der Waals surface area contributed by atoms with Gasteiger partial charge in [0.2, 0.25) is 0 Å². The number of nitrogens with two attached hydrogens (primary N) is 1. The van der Waals surface area contributed by atoms with E-state index in [4.69, 9.17) is 24.7 Å². The molecule has 0 saturated carbocycles. The average Bonchev–Trinajstić information content (AvgIpc) is 2.74. The van der Waals surface area contributed by atoms with Gasteiger partial charge in [0, 0.05) is 12.7 Å². The average molecular weight is 405 g/mol. The number of rotatable bonds is 4. The number of methoxy groups -OCH3 is 1. The molecule has 150 valence electrons. The van der Waals surface area contributed by atoms with Crippen LogP contribution in [0.2, 0.25) is 0 Å². The van der Waals surface area contributed by atoms with Crippen LogP contribution >= 0.6 is 0 Å². The highest BCUT2D eigenvalue weighted by molar-refractivity contribution is 7.92. The molecule has 0 amide bonds. The Morgan fingerprint density at radius 3 is 2.29 bits per heavy atom. The van der Waals surface area contributed by atoms with Crippen molar-refractivity contribution in [1.82, 2.24) is 0 Å². The van der Waals surface area contributed by atoms with Crippen molar-refractivity contribution >= 4 is 9.84 Å². The molecule has 0 bridgehead atoms. The third-order valence-corrected chi connectivity index (χ3v) is 7.35. The number of hydrogen-bond donors (Lipinski definition) is 1. The second-order valence-electron chi connectivity index (χ2n) is 6.86. The van der Waals surface area contributed by atoms with Crippen molar-refractivity contribution in [2.24, 2.45) is 5.73 Å². The maximum atomic E-state index is 13.4. The first-order valence-electron chi connectivity index (χ1n) is 9.07. The third-order valence-electron chi connectivity index (χ3n) is 5.12. The van der Waals surface area contributed by atoms with Gasteiger partial charge in [-0.25, -0.2) is 8.42 Å². The summed E-state index contributed by atoms with van der Waals surface area (Å²) in [7, 11) is -2.36. The summed E-state index contributed by atoms with van der Waals surface area (Å²) in [5, 5.41) is -1.03. The van der Waals surface area contributed by atoms with E-state index in [0.29, 0.717) is 0 Å². The van der Waals surface area contributed by atoms with E-state index >= 15 is 0 Å². The zero-order valence-corrected chi connectivity index (χ0v) is 16.2. The van der Waals surface area contributed by atoms with Gasteiger partial charge in [0.05, 0.1) is 17.5 Å². The number of hydrogen-bond acceptors (Lipinski definition) is 7. The Balaban J connectivity index is 1.71. The fourth-order valence-electron chi connectivity index (χ4n) is 3.74. The van der Waals surface area contributed by atoms with Crippen molar-refractivity contribution in [2.45, 2.75) is 41.0 Å².